The molecular formula is C16H26O8. The molecule has 1 fully saturated rings. The van der Waals surface area contributed by atoms with Crippen LogP contribution in [-0.4, -0.2) is 74.9 Å². The van der Waals surface area contributed by atoms with Crippen LogP contribution in [0.25, 0.3) is 0 Å². The first-order valence-electron chi connectivity index (χ1n) is 8.00. The van der Waals surface area contributed by atoms with E-state index in [0.717, 1.165) is 0 Å². The molecule has 0 saturated carbocycles. The average Bonchev–Trinajstić information content (AvgIpc) is 2.49. The van der Waals surface area contributed by atoms with Gasteiger partial charge in [0.05, 0.1) is 12.7 Å². The molecule has 0 aromatic carbocycles. The molecule has 2 rings (SSSR count). The van der Waals surface area contributed by atoms with Gasteiger partial charge in [-0.25, -0.2) is 4.79 Å². The van der Waals surface area contributed by atoms with E-state index in [0.29, 0.717) is 18.4 Å². The van der Waals surface area contributed by atoms with Crippen molar-refractivity contribution in [3.8, 4) is 0 Å². The van der Waals surface area contributed by atoms with E-state index >= 15 is 0 Å². The molecule has 0 spiro atoms. The molecule has 24 heavy (non-hydrogen) atoms. The highest BCUT2D eigenvalue weighted by Crippen LogP contribution is 2.42. The molecule has 0 bridgehead atoms. The zero-order valence-corrected chi connectivity index (χ0v) is 14.0. The summed E-state index contributed by atoms with van der Waals surface area (Å²) in [5.41, 5.74) is 0.310. The highest BCUT2D eigenvalue weighted by molar-refractivity contribution is 5.89. The maximum absolute atomic E-state index is 11.6. The lowest BCUT2D eigenvalue weighted by Crippen LogP contribution is -2.59. The molecule has 1 aliphatic carbocycles. The van der Waals surface area contributed by atoms with E-state index in [-0.39, 0.29) is 5.57 Å². The summed E-state index contributed by atoms with van der Waals surface area (Å²) in [6, 6.07) is 0. The van der Waals surface area contributed by atoms with Crippen LogP contribution in [-0.2, 0) is 14.3 Å². The van der Waals surface area contributed by atoms with Gasteiger partial charge in [0, 0.05) is 5.57 Å². The van der Waals surface area contributed by atoms with Gasteiger partial charge in [0.15, 0.2) is 6.29 Å². The molecule has 138 valence electrons. The minimum atomic E-state index is -1.52. The van der Waals surface area contributed by atoms with Crippen LogP contribution in [0.3, 0.4) is 0 Å². The summed E-state index contributed by atoms with van der Waals surface area (Å²) in [6.45, 7) is 4.82. The lowest BCUT2D eigenvalue weighted by molar-refractivity contribution is -0.309. The first-order chi connectivity index (χ1) is 11.1. The van der Waals surface area contributed by atoms with E-state index in [1.165, 1.54) is 0 Å². The van der Waals surface area contributed by atoms with Crippen LogP contribution in [0.5, 0.6) is 0 Å². The van der Waals surface area contributed by atoms with Crippen LogP contribution in [0.15, 0.2) is 11.1 Å². The number of carboxylic acids is 1. The number of rotatable bonds is 4. The van der Waals surface area contributed by atoms with Crippen LogP contribution < -0.4 is 0 Å². The fraction of sp³-hybridized carbons (Fsp3) is 0.812. The van der Waals surface area contributed by atoms with Gasteiger partial charge >= 0.3 is 5.97 Å². The van der Waals surface area contributed by atoms with Crippen molar-refractivity contribution in [3.63, 3.8) is 0 Å². The van der Waals surface area contributed by atoms with Gasteiger partial charge in [0.25, 0.3) is 0 Å². The predicted octanol–water partition coefficient (Wildman–Crippen LogP) is -0.607. The van der Waals surface area contributed by atoms with E-state index in [1.807, 2.05) is 13.8 Å². The summed E-state index contributed by atoms with van der Waals surface area (Å²) >= 11 is 0. The minimum absolute atomic E-state index is 0.267. The summed E-state index contributed by atoms with van der Waals surface area (Å²) < 4.78 is 11.0. The van der Waals surface area contributed by atoms with Gasteiger partial charge in [-0.1, -0.05) is 13.8 Å². The van der Waals surface area contributed by atoms with Gasteiger partial charge in [-0.05, 0) is 30.8 Å². The SMILES string of the molecule is CC1=C(C(=O)O)C(C)(C)CC[C@@H]1O[C@@H]1O[C@H](CO)[C@@H](O)[C@H](O)[C@H]1O. The molecule has 0 amide bonds. The Balaban J connectivity index is 2.21. The molecule has 0 aromatic rings. The Hall–Kier alpha value is -1.03. The van der Waals surface area contributed by atoms with Crippen LogP contribution in [0.2, 0.25) is 0 Å². The highest BCUT2D eigenvalue weighted by atomic mass is 16.7. The van der Waals surface area contributed by atoms with Crippen molar-refractivity contribution in [2.75, 3.05) is 6.61 Å². The zero-order valence-electron chi connectivity index (χ0n) is 14.0. The van der Waals surface area contributed by atoms with E-state index in [4.69, 9.17) is 9.47 Å². The summed E-state index contributed by atoms with van der Waals surface area (Å²) in [4.78, 5) is 11.6. The molecule has 1 saturated heterocycles. The fourth-order valence-corrected chi connectivity index (χ4v) is 3.50. The number of hydrogen-bond acceptors (Lipinski definition) is 7. The Bertz CT molecular complexity index is 512. The van der Waals surface area contributed by atoms with Crippen LogP contribution in [0.4, 0.5) is 0 Å². The Labute approximate surface area is 140 Å². The summed E-state index contributed by atoms with van der Waals surface area (Å²) in [7, 11) is 0. The molecule has 0 unspecified atom stereocenters. The predicted molar refractivity (Wildman–Crippen MR) is 82.0 cm³/mol. The quantitative estimate of drug-likeness (QED) is 0.455. The third kappa shape index (κ3) is 3.49. The van der Waals surface area contributed by atoms with Crippen LogP contribution in [0.1, 0.15) is 33.6 Å². The van der Waals surface area contributed by atoms with Gasteiger partial charge in [0.2, 0.25) is 0 Å². The Morgan fingerprint density at radius 1 is 1.25 bits per heavy atom. The van der Waals surface area contributed by atoms with Crippen molar-refractivity contribution in [2.45, 2.75) is 70.4 Å². The number of aliphatic hydroxyl groups is 4. The number of aliphatic carboxylic acids is 1. The number of aliphatic hydroxyl groups excluding tert-OH is 4. The van der Waals surface area contributed by atoms with Crippen LogP contribution in [0, 0.1) is 5.41 Å². The Morgan fingerprint density at radius 3 is 2.42 bits per heavy atom. The highest BCUT2D eigenvalue weighted by Gasteiger charge is 2.46. The molecular weight excluding hydrogens is 320 g/mol. The zero-order chi connectivity index (χ0) is 18.2. The van der Waals surface area contributed by atoms with Crippen molar-refractivity contribution in [1.29, 1.82) is 0 Å². The van der Waals surface area contributed by atoms with Gasteiger partial charge in [-0.3, -0.25) is 0 Å². The summed E-state index contributed by atoms with van der Waals surface area (Å²) in [5.74, 6) is -1.01. The molecule has 6 atom stereocenters. The first kappa shape index (κ1) is 19.3. The minimum Gasteiger partial charge on any atom is -0.478 e. The lowest BCUT2D eigenvalue weighted by Gasteiger charge is -2.43. The molecule has 0 radical (unpaired) electrons. The lowest BCUT2D eigenvalue weighted by atomic mass is 9.71. The van der Waals surface area contributed by atoms with Crippen molar-refractivity contribution < 1.29 is 39.8 Å². The molecule has 2 aliphatic rings. The maximum Gasteiger partial charge on any atom is 0.332 e. The van der Waals surface area contributed by atoms with E-state index in [1.54, 1.807) is 6.92 Å². The molecule has 5 N–H and O–H groups in total. The summed E-state index contributed by atoms with van der Waals surface area (Å²) in [6.07, 6.45) is -6.29. The fourth-order valence-electron chi connectivity index (χ4n) is 3.50. The second-order valence-corrected chi connectivity index (χ2v) is 7.11. The molecule has 1 aliphatic heterocycles. The largest absolute Gasteiger partial charge is 0.478 e. The van der Waals surface area contributed by atoms with Crippen LogP contribution >= 0.6 is 0 Å². The van der Waals surface area contributed by atoms with Gasteiger partial charge in [0.1, 0.15) is 24.4 Å². The third-order valence-electron chi connectivity index (χ3n) is 4.95. The van der Waals surface area contributed by atoms with Gasteiger partial charge in [-0.15, -0.1) is 0 Å². The standard InChI is InChI=1S/C16H26O8/c1-7-8(4-5-16(2,3)10(7)14(21)22)23-15-13(20)12(19)11(18)9(6-17)24-15/h8-9,11-13,15,17-20H,4-6H2,1-3H3,(H,21,22)/t8-,9+,11+,12-,13+,15+/m0/s1. The number of carbonyl (C=O) groups is 1. The Morgan fingerprint density at radius 2 is 1.88 bits per heavy atom. The number of carboxylic acid groups (broad SMARTS) is 1. The number of ether oxygens (including phenoxy) is 2. The second kappa shape index (κ2) is 7.07. The third-order valence-corrected chi connectivity index (χ3v) is 4.95. The van der Waals surface area contributed by atoms with Gasteiger partial charge in [-0.2, -0.15) is 0 Å². The Kier molecular flexibility index (Phi) is 5.68. The molecule has 0 aromatic heterocycles. The van der Waals surface area contributed by atoms with E-state index in [2.05, 4.69) is 0 Å². The average molecular weight is 346 g/mol. The van der Waals surface area contributed by atoms with E-state index < -0.39 is 54.8 Å². The van der Waals surface area contributed by atoms with Crippen molar-refractivity contribution >= 4 is 5.97 Å². The van der Waals surface area contributed by atoms with Crippen molar-refractivity contribution in [1.82, 2.24) is 0 Å². The molecule has 1 heterocycles. The summed E-state index contributed by atoms with van der Waals surface area (Å²) in [5, 5.41) is 48.3. The van der Waals surface area contributed by atoms with Crippen molar-refractivity contribution in [3.05, 3.63) is 11.1 Å². The van der Waals surface area contributed by atoms with E-state index in [9.17, 15) is 30.3 Å². The molecule has 8 heteroatoms. The maximum atomic E-state index is 11.6. The first-order valence-corrected chi connectivity index (χ1v) is 8.00. The smallest absolute Gasteiger partial charge is 0.332 e. The van der Waals surface area contributed by atoms with Gasteiger partial charge < -0.3 is 35.0 Å². The monoisotopic (exact) mass is 346 g/mol. The topological polar surface area (TPSA) is 137 Å². The second-order valence-electron chi connectivity index (χ2n) is 7.11. The molecule has 8 nitrogen and oxygen atoms in total. The number of hydrogen-bond donors (Lipinski definition) is 5. The normalized spacial score (nSPS) is 39.8. The van der Waals surface area contributed by atoms with Crippen molar-refractivity contribution in [2.24, 2.45) is 5.41 Å².